The minimum Gasteiger partial charge on any atom is -0.327 e. The zero-order chi connectivity index (χ0) is 13.1. The molecule has 1 unspecified atom stereocenters. The van der Waals surface area contributed by atoms with Gasteiger partial charge in [-0.25, -0.2) is 0 Å². The van der Waals surface area contributed by atoms with Gasteiger partial charge >= 0.3 is 0 Å². The van der Waals surface area contributed by atoms with E-state index < -0.39 is 0 Å². The van der Waals surface area contributed by atoms with Crippen molar-refractivity contribution in [2.75, 3.05) is 0 Å². The Balaban J connectivity index is 2.14. The third-order valence-corrected chi connectivity index (χ3v) is 4.56. The lowest BCUT2D eigenvalue weighted by atomic mass is 9.95. The van der Waals surface area contributed by atoms with E-state index in [0.29, 0.717) is 5.92 Å². The Labute approximate surface area is 115 Å². The second-order valence-electron chi connectivity index (χ2n) is 5.29. The van der Waals surface area contributed by atoms with Gasteiger partial charge in [0, 0.05) is 19.0 Å². The van der Waals surface area contributed by atoms with Crippen molar-refractivity contribution in [3.63, 3.8) is 0 Å². The van der Waals surface area contributed by atoms with Crippen molar-refractivity contribution in [3.8, 4) is 0 Å². The highest BCUT2D eigenvalue weighted by atomic mass is 35.5. The summed E-state index contributed by atoms with van der Waals surface area (Å²) >= 11 is 6.42. The molecule has 1 aliphatic carbocycles. The molecule has 0 radical (unpaired) electrons. The highest BCUT2D eigenvalue weighted by Crippen LogP contribution is 2.30. The van der Waals surface area contributed by atoms with Crippen molar-refractivity contribution in [1.82, 2.24) is 9.78 Å². The van der Waals surface area contributed by atoms with Crippen LogP contribution in [0.3, 0.4) is 0 Å². The summed E-state index contributed by atoms with van der Waals surface area (Å²) in [7, 11) is 0. The van der Waals surface area contributed by atoms with E-state index in [9.17, 15) is 0 Å². The van der Waals surface area contributed by atoms with Crippen LogP contribution in [0, 0.1) is 5.92 Å². The first-order valence-corrected chi connectivity index (χ1v) is 7.54. The Hall–Kier alpha value is -0.540. The average Bonchev–Trinajstić information content (AvgIpc) is 2.99. The first-order chi connectivity index (χ1) is 8.67. The number of aryl methyl sites for hydroxylation is 2. The van der Waals surface area contributed by atoms with E-state index in [0.717, 1.165) is 35.8 Å². The minimum atomic E-state index is 0.233. The van der Waals surface area contributed by atoms with Crippen LogP contribution < -0.4 is 5.73 Å². The maximum Gasteiger partial charge on any atom is 0.0850 e. The summed E-state index contributed by atoms with van der Waals surface area (Å²) in [5.41, 5.74) is 8.50. The van der Waals surface area contributed by atoms with Crippen molar-refractivity contribution >= 4 is 11.6 Å². The summed E-state index contributed by atoms with van der Waals surface area (Å²) in [4.78, 5) is 0. The van der Waals surface area contributed by atoms with Crippen LogP contribution in [0.4, 0.5) is 0 Å². The molecule has 0 saturated heterocycles. The summed E-state index contributed by atoms with van der Waals surface area (Å²) in [5, 5.41) is 5.40. The van der Waals surface area contributed by atoms with Gasteiger partial charge in [-0.15, -0.1) is 0 Å². The molecule has 18 heavy (non-hydrogen) atoms. The van der Waals surface area contributed by atoms with Gasteiger partial charge in [-0.1, -0.05) is 31.4 Å². The predicted molar refractivity (Wildman–Crippen MR) is 75.9 cm³/mol. The molecule has 1 saturated carbocycles. The van der Waals surface area contributed by atoms with Gasteiger partial charge < -0.3 is 5.73 Å². The van der Waals surface area contributed by atoms with Gasteiger partial charge in [-0.2, -0.15) is 5.10 Å². The molecule has 1 heterocycles. The number of rotatable bonds is 5. The Morgan fingerprint density at radius 2 is 2.06 bits per heavy atom. The normalized spacial score (nSPS) is 18.4. The van der Waals surface area contributed by atoms with E-state index in [-0.39, 0.29) is 6.04 Å². The largest absolute Gasteiger partial charge is 0.327 e. The van der Waals surface area contributed by atoms with Gasteiger partial charge in [-0.05, 0) is 32.1 Å². The van der Waals surface area contributed by atoms with Gasteiger partial charge in [0.1, 0.15) is 0 Å². The Morgan fingerprint density at radius 3 is 2.61 bits per heavy atom. The Morgan fingerprint density at radius 1 is 1.39 bits per heavy atom. The van der Waals surface area contributed by atoms with Crippen LogP contribution in [0.1, 0.15) is 50.9 Å². The topological polar surface area (TPSA) is 43.8 Å². The first kappa shape index (κ1) is 13.9. The van der Waals surface area contributed by atoms with E-state index in [4.69, 9.17) is 17.3 Å². The molecule has 1 aliphatic rings. The van der Waals surface area contributed by atoms with Gasteiger partial charge in [0.15, 0.2) is 0 Å². The van der Waals surface area contributed by atoms with Gasteiger partial charge in [0.2, 0.25) is 0 Å². The molecule has 0 bridgehead atoms. The molecule has 2 rings (SSSR count). The third kappa shape index (κ3) is 2.72. The quantitative estimate of drug-likeness (QED) is 0.892. The monoisotopic (exact) mass is 269 g/mol. The van der Waals surface area contributed by atoms with E-state index in [2.05, 4.69) is 18.9 Å². The molecular formula is C14H24ClN3. The number of aromatic nitrogens is 2. The molecule has 102 valence electrons. The first-order valence-electron chi connectivity index (χ1n) is 7.17. The minimum absolute atomic E-state index is 0.233. The van der Waals surface area contributed by atoms with Crippen LogP contribution in [0.15, 0.2) is 0 Å². The van der Waals surface area contributed by atoms with Gasteiger partial charge in [0.05, 0.1) is 16.4 Å². The zero-order valence-corrected chi connectivity index (χ0v) is 12.2. The maximum atomic E-state index is 6.42. The number of halogens is 1. The summed E-state index contributed by atoms with van der Waals surface area (Å²) in [6.45, 7) is 5.06. The number of hydrogen-bond acceptors (Lipinski definition) is 2. The fraction of sp³-hybridized carbons (Fsp3) is 0.786. The molecule has 2 N–H and O–H groups in total. The van der Waals surface area contributed by atoms with Crippen LogP contribution >= 0.6 is 11.6 Å². The van der Waals surface area contributed by atoms with Crippen LogP contribution in [-0.2, 0) is 19.4 Å². The Kier molecular flexibility index (Phi) is 4.68. The molecule has 1 aromatic rings. The lowest BCUT2D eigenvalue weighted by Crippen LogP contribution is -2.31. The van der Waals surface area contributed by atoms with E-state index in [1.807, 2.05) is 4.68 Å². The maximum absolute atomic E-state index is 6.42. The van der Waals surface area contributed by atoms with Crippen molar-refractivity contribution in [2.45, 2.75) is 65.0 Å². The van der Waals surface area contributed by atoms with Crippen LogP contribution in [-0.4, -0.2) is 15.8 Å². The van der Waals surface area contributed by atoms with E-state index in [1.165, 1.54) is 25.7 Å². The Bertz CT molecular complexity index is 394. The van der Waals surface area contributed by atoms with Crippen molar-refractivity contribution in [2.24, 2.45) is 11.7 Å². The highest BCUT2D eigenvalue weighted by molar-refractivity contribution is 6.31. The van der Waals surface area contributed by atoms with Crippen molar-refractivity contribution in [1.29, 1.82) is 0 Å². The zero-order valence-electron chi connectivity index (χ0n) is 11.5. The van der Waals surface area contributed by atoms with E-state index >= 15 is 0 Å². The van der Waals surface area contributed by atoms with Crippen LogP contribution in [0.2, 0.25) is 5.02 Å². The van der Waals surface area contributed by atoms with E-state index in [1.54, 1.807) is 0 Å². The third-order valence-electron chi connectivity index (χ3n) is 4.13. The number of nitrogens with two attached hydrogens (primary N) is 1. The molecule has 0 spiro atoms. The summed E-state index contributed by atoms with van der Waals surface area (Å²) in [6.07, 6.45) is 6.97. The second-order valence-corrected chi connectivity index (χ2v) is 5.67. The fourth-order valence-corrected chi connectivity index (χ4v) is 3.33. The SMILES string of the molecule is CCc1nn(CC)c(CC(N)C2CCCC2)c1Cl. The molecule has 4 heteroatoms. The lowest BCUT2D eigenvalue weighted by Gasteiger charge is -2.19. The smallest absolute Gasteiger partial charge is 0.0850 e. The highest BCUT2D eigenvalue weighted by Gasteiger charge is 2.25. The standard InChI is InChI=1S/C14H24ClN3/c1-3-12-14(15)13(18(4-2)17-12)9-11(16)10-7-5-6-8-10/h10-11H,3-9,16H2,1-2H3. The second kappa shape index (κ2) is 6.07. The number of nitrogens with zero attached hydrogens (tertiary/aromatic N) is 2. The van der Waals surface area contributed by atoms with Crippen molar-refractivity contribution < 1.29 is 0 Å². The summed E-state index contributed by atoms with van der Waals surface area (Å²) in [6, 6.07) is 0.233. The molecule has 1 aromatic heterocycles. The van der Waals surface area contributed by atoms with Crippen molar-refractivity contribution in [3.05, 3.63) is 16.4 Å². The molecule has 1 fully saturated rings. The van der Waals surface area contributed by atoms with Crippen LogP contribution in [0.5, 0.6) is 0 Å². The molecule has 1 atom stereocenters. The fourth-order valence-electron chi connectivity index (χ4n) is 2.99. The number of hydrogen-bond donors (Lipinski definition) is 1. The molecule has 0 amide bonds. The van der Waals surface area contributed by atoms with Gasteiger partial charge in [-0.3, -0.25) is 4.68 Å². The lowest BCUT2D eigenvalue weighted by molar-refractivity contribution is 0.418. The molecular weight excluding hydrogens is 246 g/mol. The van der Waals surface area contributed by atoms with Gasteiger partial charge in [0.25, 0.3) is 0 Å². The average molecular weight is 270 g/mol. The summed E-state index contributed by atoms with van der Waals surface area (Å²) in [5.74, 6) is 0.673. The molecule has 0 aromatic carbocycles. The van der Waals surface area contributed by atoms with Crippen LogP contribution in [0.25, 0.3) is 0 Å². The predicted octanol–water partition coefficient (Wildman–Crippen LogP) is 3.18. The molecule has 3 nitrogen and oxygen atoms in total. The summed E-state index contributed by atoms with van der Waals surface area (Å²) < 4.78 is 2.02. The molecule has 0 aliphatic heterocycles.